The number of ether oxygens (including phenoxy) is 2. The Balaban J connectivity index is 1.91. The molecule has 0 amide bonds. The molecule has 1 aromatic heterocycles. The van der Waals surface area contributed by atoms with E-state index in [-0.39, 0.29) is 18.0 Å². The molecule has 25 heavy (non-hydrogen) atoms. The first-order chi connectivity index (χ1) is 12.0. The molecule has 0 N–H and O–H groups in total. The maximum Gasteiger partial charge on any atom is 0.243 e. The van der Waals surface area contributed by atoms with Crippen molar-refractivity contribution in [3.8, 4) is 11.5 Å². The third-order valence-corrected chi connectivity index (χ3v) is 6.67. The lowest BCUT2D eigenvalue weighted by molar-refractivity contribution is 0.297. The minimum Gasteiger partial charge on any atom is -0.490 e. The van der Waals surface area contributed by atoms with E-state index in [0.717, 1.165) is 11.3 Å². The summed E-state index contributed by atoms with van der Waals surface area (Å²) in [4.78, 5) is 1.03. The monoisotopic (exact) mass is 399 g/mol. The number of rotatable bonds is 6. The maximum atomic E-state index is 13.1. The molecule has 1 aromatic carbocycles. The Bertz CT molecular complexity index is 863. The molecule has 5 nitrogen and oxygen atoms in total. The van der Waals surface area contributed by atoms with Crippen LogP contribution in [0.5, 0.6) is 11.5 Å². The molecule has 0 aliphatic carbocycles. The van der Waals surface area contributed by atoms with E-state index in [2.05, 4.69) is 6.58 Å². The second-order valence-corrected chi connectivity index (χ2v) is 9.19. The molecule has 0 fully saturated rings. The second kappa shape index (κ2) is 7.78. The highest BCUT2D eigenvalue weighted by Gasteiger charge is 2.26. The van der Waals surface area contributed by atoms with E-state index in [1.807, 2.05) is 6.07 Å². The molecule has 1 aliphatic rings. The van der Waals surface area contributed by atoms with Gasteiger partial charge in [0.05, 0.1) is 22.4 Å². The molecule has 1 aliphatic heterocycles. The van der Waals surface area contributed by atoms with Gasteiger partial charge in [-0.2, -0.15) is 4.31 Å². The topological polar surface area (TPSA) is 55.8 Å². The molecule has 2 heterocycles. The Morgan fingerprint density at radius 2 is 1.96 bits per heavy atom. The number of nitrogens with zero attached hydrogens (tertiary/aromatic N) is 1. The van der Waals surface area contributed by atoms with Crippen molar-refractivity contribution in [2.24, 2.45) is 0 Å². The van der Waals surface area contributed by atoms with Gasteiger partial charge in [0.1, 0.15) is 0 Å². The first-order valence-corrected chi connectivity index (χ1v) is 10.4. The Morgan fingerprint density at radius 3 is 2.64 bits per heavy atom. The fourth-order valence-corrected chi connectivity index (χ4v) is 5.05. The van der Waals surface area contributed by atoms with Gasteiger partial charge in [-0.05, 0) is 24.3 Å². The van der Waals surface area contributed by atoms with Gasteiger partial charge >= 0.3 is 0 Å². The van der Waals surface area contributed by atoms with E-state index in [0.29, 0.717) is 29.0 Å². The summed E-state index contributed by atoms with van der Waals surface area (Å²) in [5.41, 5.74) is 0. The van der Waals surface area contributed by atoms with Gasteiger partial charge in [-0.25, -0.2) is 8.42 Å². The number of thiophene rings is 1. The highest BCUT2D eigenvalue weighted by molar-refractivity contribution is 7.89. The van der Waals surface area contributed by atoms with Crippen LogP contribution in [0.1, 0.15) is 11.3 Å². The largest absolute Gasteiger partial charge is 0.490 e. The van der Waals surface area contributed by atoms with Crippen LogP contribution in [0, 0.1) is 0 Å². The zero-order valence-corrected chi connectivity index (χ0v) is 15.9. The van der Waals surface area contributed by atoms with Crippen LogP contribution >= 0.6 is 22.9 Å². The average molecular weight is 400 g/mol. The van der Waals surface area contributed by atoms with Crippen LogP contribution in [0.2, 0.25) is 4.34 Å². The molecule has 0 saturated carbocycles. The molecule has 8 heteroatoms. The van der Waals surface area contributed by atoms with Crippen molar-refractivity contribution in [1.82, 2.24) is 4.31 Å². The number of sulfonamides is 1. The van der Waals surface area contributed by atoms with Crippen molar-refractivity contribution in [2.75, 3.05) is 19.8 Å². The minimum atomic E-state index is -3.71. The summed E-state index contributed by atoms with van der Waals surface area (Å²) in [6, 6.07) is 8.29. The molecule has 3 rings (SSSR count). The molecule has 0 radical (unpaired) electrons. The first kappa shape index (κ1) is 18.3. The second-order valence-electron chi connectivity index (χ2n) is 5.45. The number of fused-ring (bicyclic) bond motifs is 1. The van der Waals surface area contributed by atoms with E-state index < -0.39 is 10.0 Å². The SMILES string of the molecule is C=CCN(Cc1ccc(Cl)s1)S(=O)(=O)c1ccc2c(c1)OCCCO2. The van der Waals surface area contributed by atoms with Gasteiger partial charge in [0, 0.05) is 30.5 Å². The Labute approximate surface area is 156 Å². The summed E-state index contributed by atoms with van der Waals surface area (Å²) in [7, 11) is -3.71. The fraction of sp³-hybridized carbons (Fsp3) is 0.294. The minimum absolute atomic E-state index is 0.168. The standard InChI is InChI=1S/C17H18ClNO4S2/c1-2-8-19(12-13-4-7-17(18)24-13)25(20,21)14-5-6-15-16(11-14)23-10-3-9-22-15/h2,4-7,11H,1,3,8-10,12H2. The Kier molecular flexibility index (Phi) is 5.68. The quantitative estimate of drug-likeness (QED) is 0.690. The average Bonchev–Trinajstić information content (AvgIpc) is 2.86. The van der Waals surface area contributed by atoms with Crippen molar-refractivity contribution < 1.29 is 17.9 Å². The van der Waals surface area contributed by atoms with Crippen LogP contribution in [0.3, 0.4) is 0 Å². The molecule has 2 aromatic rings. The number of hydrogen-bond donors (Lipinski definition) is 0. The zero-order chi connectivity index (χ0) is 17.9. The van der Waals surface area contributed by atoms with Gasteiger partial charge in [-0.15, -0.1) is 17.9 Å². The lowest BCUT2D eigenvalue weighted by Gasteiger charge is -2.20. The van der Waals surface area contributed by atoms with E-state index in [4.69, 9.17) is 21.1 Å². The Hall–Kier alpha value is -1.54. The van der Waals surface area contributed by atoms with E-state index >= 15 is 0 Å². The third kappa shape index (κ3) is 4.17. The van der Waals surface area contributed by atoms with Crippen molar-refractivity contribution in [1.29, 1.82) is 0 Å². The van der Waals surface area contributed by atoms with Crippen molar-refractivity contribution in [3.63, 3.8) is 0 Å². The van der Waals surface area contributed by atoms with Crippen LogP contribution in [0.4, 0.5) is 0 Å². The van der Waals surface area contributed by atoms with Gasteiger partial charge in [-0.1, -0.05) is 17.7 Å². The molecule has 0 unspecified atom stereocenters. The van der Waals surface area contributed by atoms with Gasteiger partial charge in [0.2, 0.25) is 10.0 Å². The number of hydrogen-bond acceptors (Lipinski definition) is 5. The molecule has 0 bridgehead atoms. The fourth-order valence-electron chi connectivity index (χ4n) is 2.46. The summed E-state index contributed by atoms with van der Waals surface area (Å²) in [6.45, 7) is 5.16. The summed E-state index contributed by atoms with van der Waals surface area (Å²) in [5.74, 6) is 1.02. The highest BCUT2D eigenvalue weighted by Crippen LogP contribution is 2.33. The van der Waals surface area contributed by atoms with Gasteiger partial charge < -0.3 is 9.47 Å². The van der Waals surface area contributed by atoms with Crippen molar-refractivity contribution >= 4 is 33.0 Å². The van der Waals surface area contributed by atoms with E-state index in [1.54, 1.807) is 24.3 Å². The molecule has 0 atom stereocenters. The lowest BCUT2D eigenvalue weighted by atomic mass is 10.3. The van der Waals surface area contributed by atoms with Gasteiger partial charge in [0.25, 0.3) is 0 Å². The normalized spacial score (nSPS) is 14.3. The molecular weight excluding hydrogens is 382 g/mol. The van der Waals surface area contributed by atoms with Crippen LogP contribution < -0.4 is 9.47 Å². The Morgan fingerprint density at radius 1 is 1.20 bits per heavy atom. The third-order valence-electron chi connectivity index (χ3n) is 3.65. The zero-order valence-electron chi connectivity index (χ0n) is 13.5. The van der Waals surface area contributed by atoms with Crippen LogP contribution in [0.15, 0.2) is 47.9 Å². The maximum absolute atomic E-state index is 13.1. The predicted octanol–water partition coefficient (Wildman–Crippen LogP) is 3.94. The summed E-state index contributed by atoms with van der Waals surface area (Å²) in [5, 5.41) is 0. The van der Waals surface area contributed by atoms with Gasteiger partial charge in [0.15, 0.2) is 11.5 Å². The number of benzene rings is 1. The van der Waals surface area contributed by atoms with Crippen molar-refractivity contribution in [2.45, 2.75) is 17.9 Å². The highest BCUT2D eigenvalue weighted by atomic mass is 35.5. The predicted molar refractivity (Wildman–Crippen MR) is 99.2 cm³/mol. The summed E-state index contributed by atoms with van der Waals surface area (Å²) < 4.78 is 39.3. The van der Waals surface area contributed by atoms with Crippen molar-refractivity contribution in [3.05, 3.63) is 52.2 Å². The van der Waals surface area contributed by atoms with Crippen LogP contribution in [-0.4, -0.2) is 32.5 Å². The molecule has 134 valence electrons. The molecule has 0 saturated heterocycles. The first-order valence-electron chi connectivity index (χ1n) is 7.75. The smallest absolute Gasteiger partial charge is 0.243 e. The van der Waals surface area contributed by atoms with Gasteiger partial charge in [-0.3, -0.25) is 0 Å². The summed E-state index contributed by atoms with van der Waals surface area (Å²) in [6.07, 6.45) is 2.33. The van der Waals surface area contributed by atoms with E-state index in [1.165, 1.54) is 21.7 Å². The van der Waals surface area contributed by atoms with E-state index in [9.17, 15) is 8.42 Å². The lowest BCUT2D eigenvalue weighted by Crippen LogP contribution is -2.30. The number of halogens is 1. The molecular formula is C17H18ClNO4S2. The van der Waals surface area contributed by atoms with Crippen LogP contribution in [0.25, 0.3) is 0 Å². The molecule has 0 spiro atoms. The van der Waals surface area contributed by atoms with Crippen LogP contribution in [-0.2, 0) is 16.6 Å². The summed E-state index contributed by atoms with van der Waals surface area (Å²) >= 11 is 7.31.